The van der Waals surface area contributed by atoms with E-state index < -0.39 is 0 Å². The number of nitrogens with zero attached hydrogens (tertiary/aromatic N) is 1. The topological polar surface area (TPSA) is 14.2 Å². The number of hydrogen-bond donors (Lipinski definition) is 0. The van der Waals surface area contributed by atoms with E-state index in [1.165, 1.54) is 32.0 Å². The number of hydrogen-bond acceptors (Lipinski definition) is 2. The molecule has 31 heavy (non-hydrogen) atoms. The van der Waals surface area contributed by atoms with E-state index in [-0.39, 0.29) is 0 Å². The summed E-state index contributed by atoms with van der Waals surface area (Å²) < 4.78 is 7.77. The molecule has 0 amide bonds. The first-order valence-corrected chi connectivity index (χ1v) is 11.1. The molecule has 3 heteroatoms. The Morgan fingerprint density at radius 3 is 2.10 bits per heavy atom. The maximum atomic E-state index is 5.40. The number of methoxy groups -OCH3 is 1. The van der Waals surface area contributed by atoms with Crippen molar-refractivity contribution < 1.29 is 4.74 Å². The molecule has 1 aromatic heterocycles. The summed E-state index contributed by atoms with van der Waals surface area (Å²) in [4.78, 5) is 2.49. The summed E-state index contributed by atoms with van der Waals surface area (Å²) in [6, 6.07) is 36.3. The third-order valence-electron chi connectivity index (χ3n) is 5.45. The first kappa shape index (κ1) is 19.5. The third-order valence-corrected chi connectivity index (χ3v) is 6.57. The van der Waals surface area contributed by atoms with Crippen LogP contribution in [0.4, 0.5) is 0 Å². The maximum Gasteiger partial charge on any atom is 0.118 e. The van der Waals surface area contributed by atoms with Crippen LogP contribution >= 0.6 is 11.8 Å². The standard InChI is InChI=1S/C28H23NOS/c1-20-12-18-24(19-13-20)31-28-25-10-6-7-11-26(25)29(22-8-4-3-5-9-22)27(28)21-14-16-23(30-2)17-15-21/h3-19H,1-2H3. The van der Waals surface area contributed by atoms with Crippen molar-refractivity contribution in [2.75, 3.05) is 7.11 Å². The molecule has 4 aromatic carbocycles. The summed E-state index contributed by atoms with van der Waals surface area (Å²) in [5.74, 6) is 0.860. The van der Waals surface area contributed by atoms with Crippen LogP contribution in [0, 0.1) is 6.92 Å². The van der Waals surface area contributed by atoms with Gasteiger partial charge in [-0.05, 0) is 67.1 Å². The Hall–Kier alpha value is -3.43. The van der Waals surface area contributed by atoms with Gasteiger partial charge in [0.1, 0.15) is 5.75 Å². The molecule has 0 fully saturated rings. The van der Waals surface area contributed by atoms with E-state index >= 15 is 0 Å². The summed E-state index contributed by atoms with van der Waals surface area (Å²) in [5.41, 5.74) is 5.98. The Morgan fingerprint density at radius 2 is 1.39 bits per heavy atom. The van der Waals surface area contributed by atoms with Gasteiger partial charge in [-0.15, -0.1) is 0 Å². The Bertz CT molecular complexity index is 1320. The van der Waals surface area contributed by atoms with Gasteiger partial charge in [0, 0.05) is 20.9 Å². The Kier molecular flexibility index (Phi) is 5.27. The lowest BCUT2D eigenvalue weighted by atomic mass is 10.1. The zero-order chi connectivity index (χ0) is 21.2. The van der Waals surface area contributed by atoms with E-state index in [1.54, 1.807) is 7.11 Å². The number of fused-ring (bicyclic) bond motifs is 1. The summed E-state index contributed by atoms with van der Waals surface area (Å²) in [7, 11) is 1.70. The lowest BCUT2D eigenvalue weighted by Crippen LogP contribution is -1.97. The number of para-hydroxylation sites is 2. The lowest BCUT2D eigenvalue weighted by Gasteiger charge is -2.13. The average molecular weight is 422 g/mol. The number of ether oxygens (including phenoxy) is 1. The van der Waals surface area contributed by atoms with Crippen molar-refractivity contribution >= 4 is 22.7 Å². The molecule has 0 unspecified atom stereocenters. The fraction of sp³-hybridized carbons (Fsp3) is 0.0714. The summed E-state index contributed by atoms with van der Waals surface area (Å²) >= 11 is 1.82. The van der Waals surface area contributed by atoms with Crippen LogP contribution in [0.3, 0.4) is 0 Å². The highest BCUT2D eigenvalue weighted by Gasteiger charge is 2.20. The number of rotatable bonds is 5. The molecule has 5 aromatic rings. The highest BCUT2D eigenvalue weighted by molar-refractivity contribution is 7.99. The number of benzene rings is 4. The summed E-state index contributed by atoms with van der Waals surface area (Å²) in [6.45, 7) is 2.12. The smallest absolute Gasteiger partial charge is 0.118 e. The van der Waals surface area contributed by atoms with Crippen LogP contribution in [0.25, 0.3) is 27.8 Å². The molecule has 5 rings (SSSR count). The van der Waals surface area contributed by atoms with Crippen molar-refractivity contribution in [2.45, 2.75) is 16.7 Å². The molecule has 0 aliphatic rings. The molecule has 0 saturated heterocycles. The predicted molar refractivity (Wildman–Crippen MR) is 131 cm³/mol. The highest BCUT2D eigenvalue weighted by atomic mass is 32.2. The van der Waals surface area contributed by atoms with Gasteiger partial charge in [0.2, 0.25) is 0 Å². The second-order valence-electron chi connectivity index (χ2n) is 7.51. The second-order valence-corrected chi connectivity index (χ2v) is 8.59. The van der Waals surface area contributed by atoms with Crippen LogP contribution in [-0.4, -0.2) is 11.7 Å². The van der Waals surface area contributed by atoms with Gasteiger partial charge in [-0.25, -0.2) is 0 Å². The number of aryl methyl sites for hydroxylation is 1. The van der Waals surface area contributed by atoms with Crippen LogP contribution in [0.2, 0.25) is 0 Å². The van der Waals surface area contributed by atoms with Gasteiger partial charge in [0.25, 0.3) is 0 Å². The minimum absolute atomic E-state index is 0.860. The molecule has 0 bridgehead atoms. The first-order valence-electron chi connectivity index (χ1n) is 10.3. The molecule has 0 aliphatic heterocycles. The second kappa shape index (κ2) is 8.37. The van der Waals surface area contributed by atoms with Crippen molar-refractivity contribution in [1.29, 1.82) is 0 Å². The van der Waals surface area contributed by atoms with Crippen LogP contribution < -0.4 is 4.74 Å². The zero-order valence-electron chi connectivity index (χ0n) is 17.6. The van der Waals surface area contributed by atoms with E-state index in [0.717, 1.165) is 17.0 Å². The lowest BCUT2D eigenvalue weighted by molar-refractivity contribution is 0.415. The predicted octanol–water partition coefficient (Wildman–Crippen LogP) is 7.77. The van der Waals surface area contributed by atoms with E-state index in [9.17, 15) is 0 Å². The fourth-order valence-electron chi connectivity index (χ4n) is 3.89. The van der Waals surface area contributed by atoms with E-state index in [4.69, 9.17) is 4.74 Å². The van der Waals surface area contributed by atoms with E-state index in [0.29, 0.717) is 0 Å². The normalized spacial score (nSPS) is 11.0. The van der Waals surface area contributed by atoms with Crippen LogP contribution in [0.15, 0.2) is 113 Å². The third kappa shape index (κ3) is 3.73. The largest absolute Gasteiger partial charge is 0.497 e. The molecule has 0 N–H and O–H groups in total. The highest BCUT2D eigenvalue weighted by Crippen LogP contribution is 2.45. The van der Waals surface area contributed by atoms with Gasteiger partial charge >= 0.3 is 0 Å². The quantitative estimate of drug-likeness (QED) is 0.288. The van der Waals surface area contributed by atoms with Crippen LogP contribution in [-0.2, 0) is 0 Å². The van der Waals surface area contributed by atoms with Crippen molar-refractivity contribution in [1.82, 2.24) is 4.57 Å². The molecule has 152 valence electrons. The van der Waals surface area contributed by atoms with Crippen LogP contribution in [0.5, 0.6) is 5.75 Å². The number of aromatic nitrogens is 1. The summed E-state index contributed by atoms with van der Waals surface area (Å²) in [5, 5.41) is 1.25. The van der Waals surface area contributed by atoms with Gasteiger partial charge < -0.3 is 9.30 Å². The minimum Gasteiger partial charge on any atom is -0.497 e. The summed E-state index contributed by atoms with van der Waals surface area (Å²) in [6.07, 6.45) is 0. The first-order chi connectivity index (χ1) is 15.2. The monoisotopic (exact) mass is 421 g/mol. The SMILES string of the molecule is COc1ccc(-c2c(Sc3ccc(C)cc3)c3ccccc3n2-c2ccccc2)cc1. The molecule has 2 nitrogen and oxygen atoms in total. The van der Waals surface area contributed by atoms with Gasteiger partial charge in [0.15, 0.2) is 0 Å². The fourth-order valence-corrected chi connectivity index (χ4v) is 4.99. The average Bonchev–Trinajstić information content (AvgIpc) is 3.15. The van der Waals surface area contributed by atoms with Crippen molar-refractivity contribution in [2.24, 2.45) is 0 Å². The van der Waals surface area contributed by atoms with Crippen molar-refractivity contribution in [3.05, 3.63) is 109 Å². The van der Waals surface area contributed by atoms with Gasteiger partial charge in [-0.3, -0.25) is 0 Å². The molecule has 1 heterocycles. The maximum absolute atomic E-state index is 5.40. The molecule has 0 aliphatic carbocycles. The Balaban J connectivity index is 1.80. The zero-order valence-corrected chi connectivity index (χ0v) is 18.4. The van der Waals surface area contributed by atoms with Crippen LogP contribution in [0.1, 0.15) is 5.56 Å². The van der Waals surface area contributed by atoms with E-state index in [1.807, 2.05) is 23.9 Å². The van der Waals surface area contributed by atoms with Gasteiger partial charge in [0.05, 0.1) is 18.3 Å². The van der Waals surface area contributed by atoms with Gasteiger partial charge in [-0.2, -0.15) is 0 Å². The molecule has 0 saturated carbocycles. The molecular weight excluding hydrogens is 398 g/mol. The molecule has 0 spiro atoms. The van der Waals surface area contributed by atoms with Crippen molar-refractivity contribution in [3.8, 4) is 22.7 Å². The van der Waals surface area contributed by atoms with E-state index in [2.05, 4.69) is 102 Å². The minimum atomic E-state index is 0.860. The van der Waals surface area contributed by atoms with Crippen molar-refractivity contribution in [3.63, 3.8) is 0 Å². The molecule has 0 atom stereocenters. The Morgan fingerprint density at radius 1 is 0.710 bits per heavy atom. The molecular formula is C28H23NOS. The Labute approximate surface area is 187 Å². The molecule has 0 radical (unpaired) electrons. The van der Waals surface area contributed by atoms with Gasteiger partial charge in [-0.1, -0.05) is 65.9 Å².